The number of ether oxygens (including phenoxy) is 1. The maximum absolute atomic E-state index is 15.0. The van der Waals surface area contributed by atoms with Crippen LogP contribution in [0.2, 0.25) is 0 Å². The fourth-order valence-corrected chi connectivity index (χ4v) is 4.64. The predicted molar refractivity (Wildman–Crippen MR) is 139 cm³/mol. The fraction of sp³-hybridized carbons (Fsp3) is 0.393. The third kappa shape index (κ3) is 7.87. The molecule has 2 aromatic heterocycles. The lowest BCUT2D eigenvalue weighted by atomic mass is 9.86. The molecule has 1 aliphatic rings. The molecule has 226 valence electrons. The highest BCUT2D eigenvalue weighted by molar-refractivity contribution is 5.93. The number of pyridine rings is 2. The number of piperidine rings is 1. The molecule has 1 aliphatic heterocycles. The number of benzene rings is 1. The molecular weight excluding hydrogens is 573 g/mol. The number of carbonyl (C=O) groups excluding carboxylic acids is 1. The summed E-state index contributed by atoms with van der Waals surface area (Å²) in [6, 6.07) is 5.92. The van der Waals surface area contributed by atoms with Crippen molar-refractivity contribution >= 4 is 11.7 Å². The summed E-state index contributed by atoms with van der Waals surface area (Å²) in [5.74, 6) is -6.82. The van der Waals surface area contributed by atoms with E-state index in [9.17, 15) is 40.3 Å². The van der Waals surface area contributed by atoms with Crippen molar-refractivity contribution in [1.29, 1.82) is 0 Å². The number of nitrogens with zero attached hydrogens (tertiary/aromatic N) is 2. The van der Waals surface area contributed by atoms with Gasteiger partial charge in [0.25, 0.3) is 11.5 Å². The second kappa shape index (κ2) is 12.5. The van der Waals surface area contributed by atoms with Crippen molar-refractivity contribution in [2.24, 2.45) is 0 Å². The van der Waals surface area contributed by atoms with Crippen LogP contribution in [0.5, 0.6) is 11.5 Å². The van der Waals surface area contributed by atoms with Crippen molar-refractivity contribution in [1.82, 2.24) is 14.9 Å². The zero-order valence-electron chi connectivity index (χ0n) is 22.3. The summed E-state index contributed by atoms with van der Waals surface area (Å²) in [6.45, 7) is 1.17. The molecule has 2 N–H and O–H groups in total. The first kappa shape index (κ1) is 31.0. The number of carbonyl (C=O) groups is 1. The van der Waals surface area contributed by atoms with E-state index >= 15 is 0 Å². The molecule has 4 rings (SSSR count). The van der Waals surface area contributed by atoms with Crippen LogP contribution in [0, 0.1) is 11.6 Å². The Morgan fingerprint density at radius 3 is 2.64 bits per heavy atom. The number of hydrogen-bond acceptors (Lipinski definition) is 5. The van der Waals surface area contributed by atoms with Gasteiger partial charge in [-0.3, -0.25) is 14.5 Å². The SMILES string of the molecule is C[C@@H](C(=O)Nc1ccc(Oc2ccc(F)cc2F)cn1)N1CCC(F)(F)[C@@H](c2c[nH]c(=O)c(CCCC(F)(F)F)c2)C1. The first-order chi connectivity index (χ1) is 19.7. The molecule has 0 unspecified atom stereocenters. The largest absolute Gasteiger partial charge is 0.453 e. The minimum atomic E-state index is -4.40. The lowest BCUT2D eigenvalue weighted by Gasteiger charge is -2.40. The molecule has 7 nitrogen and oxygen atoms in total. The topological polar surface area (TPSA) is 87.3 Å². The van der Waals surface area contributed by atoms with Crippen LogP contribution in [0.1, 0.15) is 43.2 Å². The normalized spacial score (nSPS) is 18.0. The smallest absolute Gasteiger partial charge is 0.389 e. The van der Waals surface area contributed by atoms with Gasteiger partial charge in [-0.2, -0.15) is 13.2 Å². The lowest BCUT2D eigenvalue weighted by molar-refractivity contribution is -0.135. The number of H-pyrrole nitrogens is 1. The maximum atomic E-state index is 15.0. The van der Waals surface area contributed by atoms with E-state index in [1.54, 1.807) is 4.90 Å². The summed E-state index contributed by atoms with van der Waals surface area (Å²) in [4.78, 5) is 33.0. The molecule has 1 saturated heterocycles. The number of anilines is 1. The van der Waals surface area contributed by atoms with Crippen molar-refractivity contribution < 1.29 is 40.3 Å². The van der Waals surface area contributed by atoms with Gasteiger partial charge in [0.15, 0.2) is 11.6 Å². The zero-order valence-corrected chi connectivity index (χ0v) is 22.3. The number of alkyl halides is 5. The van der Waals surface area contributed by atoms with Crippen molar-refractivity contribution in [3.8, 4) is 11.5 Å². The van der Waals surface area contributed by atoms with E-state index in [1.165, 1.54) is 31.3 Å². The molecule has 0 bridgehead atoms. The number of aromatic amines is 1. The molecule has 42 heavy (non-hydrogen) atoms. The van der Waals surface area contributed by atoms with E-state index in [2.05, 4.69) is 15.3 Å². The molecule has 14 heteroatoms. The Labute approximate surface area is 235 Å². The van der Waals surface area contributed by atoms with E-state index < -0.39 is 60.0 Å². The van der Waals surface area contributed by atoms with Gasteiger partial charge in [0.2, 0.25) is 5.91 Å². The Kier molecular flexibility index (Phi) is 9.24. The molecule has 0 saturated carbocycles. The van der Waals surface area contributed by atoms with E-state index in [4.69, 9.17) is 4.74 Å². The van der Waals surface area contributed by atoms with E-state index in [0.717, 1.165) is 18.3 Å². The first-order valence-corrected chi connectivity index (χ1v) is 13.0. The van der Waals surface area contributed by atoms with Crippen LogP contribution in [-0.2, 0) is 11.2 Å². The number of amides is 1. The average Bonchev–Trinajstić information content (AvgIpc) is 2.91. The second-order valence-electron chi connectivity index (χ2n) is 10.0. The Hall–Kier alpha value is -3.94. The lowest BCUT2D eigenvalue weighted by Crippen LogP contribution is -2.52. The van der Waals surface area contributed by atoms with Crippen LogP contribution in [0.3, 0.4) is 0 Å². The predicted octanol–water partition coefficient (Wildman–Crippen LogP) is 6.18. The van der Waals surface area contributed by atoms with Crippen LogP contribution in [0.15, 0.2) is 53.6 Å². The summed E-state index contributed by atoms with van der Waals surface area (Å²) in [6.07, 6.45) is -4.32. The highest BCUT2D eigenvalue weighted by atomic mass is 19.4. The van der Waals surface area contributed by atoms with E-state index in [0.29, 0.717) is 6.07 Å². The van der Waals surface area contributed by atoms with Gasteiger partial charge in [-0.05, 0) is 55.7 Å². The van der Waals surface area contributed by atoms with Gasteiger partial charge < -0.3 is 15.0 Å². The molecule has 0 aliphatic carbocycles. The van der Waals surface area contributed by atoms with Crippen molar-refractivity contribution in [2.45, 2.75) is 56.7 Å². The van der Waals surface area contributed by atoms with Gasteiger partial charge in [-0.15, -0.1) is 0 Å². The molecule has 1 amide bonds. The number of aryl methyl sites for hydroxylation is 1. The van der Waals surface area contributed by atoms with Crippen molar-refractivity contribution in [2.75, 3.05) is 18.4 Å². The Balaban J connectivity index is 1.40. The minimum Gasteiger partial charge on any atom is -0.453 e. The quantitative estimate of drug-likeness (QED) is 0.287. The standard InChI is InChI=1S/C28H27F7N4O3/c1-16(25(40)38-24-7-5-20(14-36-24)42-23-6-4-19(29)12-22(23)30)39-10-9-27(31,32)21(15-39)18-11-17(26(41)37-13-18)3-2-8-28(33,34)35/h4-7,11-14,16,21H,2-3,8-10,15H2,1H3,(H,37,41)(H,36,38,40)/t16-,21+/m0/s1. The first-order valence-electron chi connectivity index (χ1n) is 13.0. The molecule has 3 heterocycles. The van der Waals surface area contributed by atoms with Gasteiger partial charge in [0, 0.05) is 43.8 Å². The molecule has 3 aromatic rings. The van der Waals surface area contributed by atoms with Crippen molar-refractivity contribution in [3.63, 3.8) is 0 Å². The number of rotatable bonds is 9. The molecular formula is C28H27F7N4O3. The summed E-state index contributed by atoms with van der Waals surface area (Å²) >= 11 is 0. The Morgan fingerprint density at radius 1 is 1.21 bits per heavy atom. The number of likely N-dealkylation sites (tertiary alicyclic amines) is 1. The zero-order chi connectivity index (χ0) is 30.7. The number of aromatic nitrogens is 2. The van der Waals surface area contributed by atoms with Crippen LogP contribution in [0.25, 0.3) is 0 Å². The number of halogens is 7. The molecule has 0 radical (unpaired) electrons. The van der Waals surface area contributed by atoms with Crippen LogP contribution in [0.4, 0.5) is 36.6 Å². The third-order valence-electron chi connectivity index (χ3n) is 7.01. The molecule has 1 fully saturated rings. The van der Waals surface area contributed by atoms with E-state index in [1.807, 2.05) is 0 Å². The monoisotopic (exact) mass is 600 g/mol. The summed E-state index contributed by atoms with van der Waals surface area (Å²) in [5.41, 5.74) is -0.596. The number of nitrogens with one attached hydrogen (secondary N) is 2. The number of hydrogen-bond donors (Lipinski definition) is 2. The Bertz CT molecular complexity index is 1460. The third-order valence-corrected chi connectivity index (χ3v) is 7.01. The Morgan fingerprint density at radius 2 is 1.98 bits per heavy atom. The summed E-state index contributed by atoms with van der Waals surface area (Å²) in [5, 5.41) is 2.58. The van der Waals surface area contributed by atoms with Gasteiger partial charge in [0.05, 0.1) is 18.2 Å². The molecule has 1 aromatic carbocycles. The highest BCUT2D eigenvalue weighted by Gasteiger charge is 2.46. The molecule has 2 atom stereocenters. The van der Waals surface area contributed by atoms with Crippen molar-refractivity contribution in [3.05, 3.63) is 81.9 Å². The second-order valence-corrected chi connectivity index (χ2v) is 10.0. The van der Waals surface area contributed by atoms with Crippen LogP contribution < -0.4 is 15.6 Å². The minimum absolute atomic E-state index is 0.0175. The van der Waals surface area contributed by atoms with Gasteiger partial charge in [-0.1, -0.05) is 0 Å². The molecule has 0 spiro atoms. The maximum Gasteiger partial charge on any atom is 0.389 e. The summed E-state index contributed by atoms with van der Waals surface area (Å²) < 4.78 is 99.7. The highest BCUT2D eigenvalue weighted by Crippen LogP contribution is 2.41. The van der Waals surface area contributed by atoms with Gasteiger partial charge in [0.1, 0.15) is 17.4 Å². The van der Waals surface area contributed by atoms with E-state index in [-0.39, 0.29) is 54.4 Å². The van der Waals surface area contributed by atoms with Gasteiger partial charge >= 0.3 is 6.18 Å². The summed E-state index contributed by atoms with van der Waals surface area (Å²) in [7, 11) is 0. The fourth-order valence-electron chi connectivity index (χ4n) is 4.64. The van der Waals surface area contributed by atoms with Crippen LogP contribution in [-0.4, -0.2) is 52.0 Å². The van der Waals surface area contributed by atoms with Crippen LogP contribution >= 0.6 is 0 Å². The van der Waals surface area contributed by atoms with Gasteiger partial charge in [-0.25, -0.2) is 22.5 Å². The average molecular weight is 601 g/mol.